The summed E-state index contributed by atoms with van der Waals surface area (Å²) in [6, 6.07) is 6.94. The Labute approximate surface area is 104 Å². The molecule has 1 heterocycles. The van der Waals surface area contributed by atoms with Gasteiger partial charge < -0.3 is 4.90 Å². The largest absolute Gasteiger partial charge is 0.304 e. The van der Waals surface area contributed by atoms with Gasteiger partial charge in [-0.15, -0.1) is 0 Å². The van der Waals surface area contributed by atoms with E-state index in [-0.39, 0.29) is 0 Å². The van der Waals surface area contributed by atoms with Gasteiger partial charge in [-0.25, -0.2) is 0 Å². The molecule has 0 spiro atoms. The molecule has 1 aromatic heterocycles. The fourth-order valence-electron chi connectivity index (χ4n) is 2.49. The van der Waals surface area contributed by atoms with Crippen molar-refractivity contribution in [1.82, 2.24) is 9.88 Å². The predicted octanol–water partition coefficient (Wildman–Crippen LogP) is 2.37. The predicted molar refractivity (Wildman–Crippen MR) is 71.6 cm³/mol. The Morgan fingerprint density at radius 2 is 2.12 bits per heavy atom. The van der Waals surface area contributed by atoms with Crippen molar-refractivity contribution < 1.29 is 0 Å². The summed E-state index contributed by atoms with van der Waals surface area (Å²) in [6.45, 7) is 0. The molecule has 92 valence electrons. The molecule has 2 atom stereocenters. The third-order valence-electron chi connectivity index (χ3n) is 3.44. The van der Waals surface area contributed by atoms with E-state index >= 15 is 0 Å². The van der Waals surface area contributed by atoms with Crippen LogP contribution in [0.4, 0.5) is 0 Å². The van der Waals surface area contributed by atoms with Gasteiger partial charge in [0.15, 0.2) is 0 Å². The summed E-state index contributed by atoms with van der Waals surface area (Å²) in [5.74, 6) is 0. The number of aliphatic imine (C=N–C) groups is 1. The Hall–Kier alpha value is -1.22. The smallest absolute Gasteiger partial charge is 0.0807 e. The molecule has 0 amide bonds. The van der Waals surface area contributed by atoms with E-state index in [1.54, 1.807) is 0 Å². The monoisotopic (exact) mass is 231 g/mol. The molecule has 1 aromatic rings. The summed E-state index contributed by atoms with van der Waals surface area (Å²) in [5.41, 5.74) is 0.954. The topological polar surface area (TPSA) is 28.5 Å². The van der Waals surface area contributed by atoms with E-state index in [2.05, 4.69) is 24.0 Å². The molecular formula is C14H21N3. The summed E-state index contributed by atoms with van der Waals surface area (Å²) in [4.78, 5) is 11.3. The lowest BCUT2D eigenvalue weighted by Crippen LogP contribution is -2.40. The maximum atomic E-state index is 4.73. The number of likely N-dealkylation sites (N-methyl/N-ethyl adjacent to an activating group) is 1. The summed E-state index contributed by atoms with van der Waals surface area (Å²) >= 11 is 0. The zero-order chi connectivity index (χ0) is 12.1. The van der Waals surface area contributed by atoms with Crippen molar-refractivity contribution in [3.8, 4) is 0 Å². The maximum Gasteiger partial charge on any atom is 0.0807 e. The highest BCUT2D eigenvalue weighted by Crippen LogP contribution is 2.24. The van der Waals surface area contributed by atoms with Crippen LogP contribution >= 0.6 is 0 Å². The van der Waals surface area contributed by atoms with Gasteiger partial charge in [-0.05, 0) is 39.1 Å². The van der Waals surface area contributed by atoms with E-state index in [1.165, 1.54) is 25.7 Å². The summed E-state index contributed by atoms with van der Waals surface area (Å²) in [5, 5.41) is 0. The van der Waals surface area contributed by atoms with E-state index in [9.17, 15) is 0 Å². The molecule has 2 unspecified atom stereocenters. The van der Waals surface area contributed by atoms with E-state index in [0.29, 0.717) is 12.1 Å². The van der Waals surface area contributed by atoms with Crippen molar-refractivity contribution in [2.45, 2.75) is 37.8 Å². The SMILES string of the molecule is CN(C)C1CCCCC1N=Cc1ccccn1. The van der Waals surface area contributed by atoms with Crippen molar-refractivity contribution in [3.63, 3.8) is 0 Å². The quantitative estimate of drug-likeness (QED) is 0.747. The molecule has 0 aromatic carbocycles. The Morgan fingerprint density at radius 3 is 2.82 bits per heavy atom. The highest BCUT2D eigenvalue weighted by molar-refractivity contribution is 5.76. The minimum Gasteiger partial charge on any atom is -0.304 e. The normalized spacial score (nSPS) is 25.6. The number of hydrogen-bond acceptors (Lipinski definition) is 3. The van der Waals surface area contributed by atoms with Crippen LogP contribution in [0.15, 0.2) is 29.4 Å². The van der Waals surface area contributed by atoms with Crippen LogP contribution < -0.4 is 0 Å². The molecule has 1 saturated carbocycles. The van der Waals surface area contributed by atoms with Crippen LogP contribution in [-0.4, -0.2) is 42.3 Å². The lowest BCUT2D eigenvalue weighted by atomic mass is 9.90. The summed E-state index contributed by atoms with van der Waals surface area (Å²) in [6.07, 6.45) is 8.83. The lowest BCUT2D eigenvalue weighted by Gasteiger charge is -2.33. The lowest BCUT2D eigenvalue weighted by molar-refractivity contribution is 0.203. The van der Waals surface area contributed by atoms with E-state index in [1.807, 2.05) is 30.6 Å². The molecule has 1 aliphatic carbocycles. The Bertz CT molecular complexity index is 359. The molecule has 0 radical (unpaired) electrons. The van der Waals surface area contributed by atoms with Crippen LogP contribution in [0, 0.1) is 0 Å². The molecule has 1 aliphatic rings. The van der Waals surface area contributed by atoms with Gasteiger partial charge in [-0.3, -0.25) is 9.98 Å². The molecule has 0 bridgehead atoms. The second kappa shape index (κ2) is 5.92. The van der Waals surface area contributed by atoms with Crippen LogP contribution in [0.5, 0.6) is 0 Å². The van der Waals surface area contributed by atoms with Gasteiger partial charge in [-0.1, -0.05) is 18.9 Å². The Balaban J connectivity index is 2.03. The van der Waals surface area contributed by atoms with E-state index < -0.39 is 0 Å². The fourth-order valence-corrected chi connectivity index (χ4v) is 2.49. The molecule has 0 aliphatic heterocycles. The zero-order valence-corrected chi connectivity index (χ0v) is 10.7. The number of aromatic nitrogens is 1. The molecule has 2 rings (SSSR count). The van der Waals surface area contributed by atoms with Gasteiger partial charge >= 0.3 is 0 Å². The van der Waals surface area contributed by atoms with Gasteiger partial charge in [-0.2, -0.15) is 0 Å². The average molecular weight is 231 g/mol. The van der Waals surface area contributed by atoms with Crippen LogP contribution in [-0.2, 0) is 0 Å². The van der Waals surface area contributed by atoms with Crippen molar-refractivity contribution in [2.75, 3.05) is 14.1 Å². The van der Waals surface area contributed by atoms with Gasteiger partial charge in [0.05, 0.1) is 11.7 Å². The fraction of sp³-hybridized carbons (Fsp3) is 0.571. The second-order valence-electron chi connectivity index (χ2n) is 4.92. The molecular weight excluding hydrogens is 210 g/mol. The zero-order valence-electron chi connectivity index (χ0n) is 10.7. The van der Waals surface area contributed by atoms with Crippen LogP contribution in [0.3, 0.4) is 0 Å². The number of pyridine rings is 1. The number of nitrogens with zero attached hydrogens (tertiary/aromatic N) is 3. The number of hydrogen-bond donors (Lipinski definition) is 0. The molecule has 0 saturated heterocycles. The molecule has 0 N–H and O–H groups in total. The van der Waals surface area contributed by atoms with Gasteiger partial charge in [0, 0.05) is 18.5 Å². The van der Waals surface area contributed by atoms with Gasteiger partial charge in [0.2, 0.25) is 0 Å². The Kier molecular flexibility index (Phi) is 4.26. The van der Waals surface area contributed by atoms with Crippen molar-refractivity contribution in [2.24, 2.45) is 4.99 Å². The summed E-state index contributed by atoms with van der Waals surface area (Å²) < 4.78 is 0. The molecule has 3 nitrogen and oxygen atoms in total. The highest BCUT2D eigenvalue weighted by atomic mass is 15.1. The molecule has 1 fully saturated rings. The first-order chi connectivity index (χ1) is 8.27. The first-order valence-electron chi connectivity index (χ1n) is 6.38. The summed E-state index contributed by atoms with van der Waals surface area (Å²) in [7, 11) is 4.30. The van der Waals surface area contributed by atoms with Crippen molar-refractivity contribution in [3.05, 3.63) is 30.1 Å². The van der Waals surface area contributed by atoms with Crippen LogP contribution in [0.2, 0.25) is 0 Å². The third kappa shape index (κ3) is 3.37. The first kappa shape index (κ1) is 12.2. The molecule has 17 heavy (non-hydrogen) atoms. The average Bonchev–Trinajstić information content (AvgIpc) is 2.38. The minimum atomic E-state index is 0.431. The standard InChI is InChI=1S/C14H21N3/c1-17(2)14-9-4-3-8-13(14)16-11-12-7-5-6-10-15-12/h5-7,10-11,13-14H,3-4,8-9H2,1-2H3. The third-order valence-corrected chi connectivity index (χ3v) is 3.44. The second-order valence-corrected chi connectivity index (χ2v) is 4.92. The van der Waals surface area contributed by atoms with Crippen molar-refractivity contribution in [1.29, 1.82) is 0 Å². The van der Waals surface area contributed by atoms with E-state index in [4.69, 9.17) is 4.99 Å². The number of rotatable bonds is 3. The minimum absolute atomic E-state index is 0.431. The van der Waals surface area contributed by atoms with E-state index in [0.717, 1.165) is 5.69 Å². The van der Waals surface area contributed by atoms with Gasteiger partial charge in [0.25, 0.3) is 0 Å². The first-order valence-corrected chi connectivity index (χ1v) is 6.38. The van der Waals surface area contributed by atoms with Crippen LogP contribution in [0.1, 0.15) is 31.4 Å². The Morgan fingerprint density at radius 1 is 1.29 bits per heavy atom. The highest BCUT2D eigenvalue weighted by Gasteiger charge is 2.25. The maximum absolute atomic E-state index is 4.73. The van der Waals surface area contributed by atoms with Crippen molar-refractivity contribution >= 4 is 6.21 Å². The van der Waals surface area contributed by atoms with Crippen LogP contribution in [0.25, 0.3) is 0 Å². The molecule has 3 heteroatoms. The van der Waals surface area contributed by atoms with Gasteiger partial charge in [0.1, 0.15) is 0 Å².